The van der Waals surface area contributed by atoms with Gasteiger partial charge in [0, 0.05) is 6.42 Å². The Kier molecular flexibility index (Phi) is 12.1. The number of carboxylic acid groups (broad SMARTS) is 2. The quantitative estimate of drug-likeness (QED) is 0.195. The van der Waals surface area contributed by atoms with Crippen LogP contribution in [0.1, 0.15) is 46.0 Å². The van der Waals surface area contributed by atoms with Crippen molar-refractivity contribution in [1.29, 1.82) is 0 Å². The van der Waals surface area contributed by atoms with Crippen molar-refractivity contribution >= 4 is 41.4 Å². The second kappa shape index (κ2) is 13.9. The number of aliphatic carboxylic acids is 2. The van der Waals surface area contributed by atoms with Crippen molar-refractivity contribution in [2.75, 3.05) is 18.6 Å². The van der Waals surface area contributed by atoms with E-state index in [1.807, 2.05) is 6.26 Å². The molecule has 0 aliphatic carbocycles. The van der Waals surface area contributed by atoms with Crippen molar-refractivity contribution in [2.45, 2.75) is 70.1 Å². The van der Waals surface area contributed by atoms with E-state index >= 15 is 0 Å². The predicted molar refractivity (Wildman–Crippen MR) is 119 cm³/mol. The van der Waals surface area contributed by atoms with Gasteiger partial charge in [-0.3, -0.25) is 19.2 Å². The first-order valence-electron chi connectivity index (χ1n) is 10.6. The molecule has 1 aliphatic heterocycles. The summed E-state index contributed by atoms with van der Waals surface area (Å²) in [6.45, 7) is 4.28. The Morgan fingerprint density at radius 2 is 1.66 bits per heavy atom. The molecule has 1 heterocycles. The van der Waals surface area contributed by atoms with Gasteiger partial charge in [-0.2, -0.15) is 11.8 Å². The highest BCUT2D eigenvalue weighted by Crippen LogP contribution is 2.10. The lowest BCUT2D eigenvalue weighted by Crippen LogP contribution is -2.58. The van der Waals surface area contributed by atoms with Crippen molar-refractivity contribution < 1.29 is 34.2 Å². The normalized spacial score (nSPS) is 18.4. The van der Waals surface area contributed by atoms with E-state index in [1.165, 1.54) is 11.8 Å². The molecule has 1 aliphatic rings. The molecule has 0 spiro atoms. The van der Waals surface area contributed by atoms with Gasteiger partial charge >= 0.3 is 11.9 Å². The molecule has 4 atom stereocenters. The topological polar surface area (TPSA) is 174 Å². The van der Waals surface area contributed by atoms with Crippen LogP contribution in [0.4, 0.5) is 0 Å². The summed E-state index contributed by atoms with van der Waals surface area (Å²) in [6, 6.07) is -3.63. The molecule has 0 radical (unpaired) electrons. The minimum atomic E-state index is -1.39. The van der Waals surface area contributed by atoms with Gasteiger partial charge in [0.15, 0.2) is 0 Å². The highest BCUT2D eigenvalue weighted by atomic mass is 32.2. The predicted octanol–water partition coefficient (Wildman–Crippen LogP) is -0.449. The summed E-state index contributed by atoms with van der Waals surface area (Å²) in [5.41, 5.74) is 0. The number of amides is 3. The molecule has 0 aromatic heterocycles. The summed E-state index contributed by atoms with van der Waals surface area (Å²) < 4.78 is 0. The number of hydrogen-bond acceptors (Lipinski definition) is 7. The highest BCUT2D eigenvalue weighted by molar-refractivity contribution is 7.98. The van der Waals surface area contributed by atoms with Crippen LogP contribution in [0.3, 0.4) is 0 Å². The third-order valence-corrected chi connectivity index (χ3v) is 5.77. The Morgan fingerprint density at radius 3 is 2.16 bits per heavy atom. The van der Waals surface area contributed by atoms with Crippen LogP contribution in [0.15, 0.2) is 0 Å². The molecule has 32 heavy (non-hydrogen) atoms. The minimum absolute atomic E-state index is 0.243. The molecule has 0 aromatic rings. The van der Waals surface area contributed by atoms with Crippen LogP contribution in [-0.2, 0) is 24.0 Å². The van der Waals surface area contributed by atoms with E-state index in [-0.39, 0.29) is 30.7 Å². The van der Waals surface area contributed by atoms with E-state index in [1.54, 1.807) is 13.8 Å². The van der Waals surface area contributed by atoms with Gasteiger partial charge < -0.3 is 31.5 Å². The van der Waals surface area contributed by atoms with E-state index in [9.17, 15) is 29.1 Å². The van der Waals surface area contributed by atoms with Crippen molar-refractivity contribution in [3.05, 3.63) is 0 Å². The molecule has 12 heteroatoms. The average Bonchev–Trinajstić information content (AvgIpc) is 3.26. The number of rotatable bonds is 14. The molecule has 11 nitrogen and oxygen atoms in total. The van der Waals surface area contributed by atoms with Gasteiger partial charge in [-0.1, -0.05) is 13.8 Å². The Hall–Kier alpha value is -2.34. The number of carboxylic acids is 2. The number of carbonyl (C=O) groups is 5. The lowest BCUT2D eigenvalue weighted by Gasteiger charge is -2.27. The molecule has 1 fully saturated rings. The van der Waals surface area contributed by atoms with E-state index in [0.29, 0.717) is 12.2 Å². The fourth-order valence-electron chi connectivity index (χ4n) is 3.26. The van der Waals surface area contributed by atoms with Crippen molar-refractivity contribution in [2.24, 2.45) is 5.92 Å². The average molecular weight is 475 g/mol. The largest absolute Gasteiger partial charge is 0.481 e. The fraction of sp³-hybridized carbons (Fsp3) is 0.750. The van der Waals surface area contributed by atoms with Crippen LogP contribution in [0.5, 0.6) is 0 Å². The van der Waals surface area contributed by atoms with Gasteiger partial charge in [-0.05, 0) is 50.2 Å². The first kappa shape index (κ1) is 27.7. The summed E-state index contributed by atoms with van der Waals surface area (Å²) in [5.74, 6) is -3.78. The molecule has 0 saturated carbocycles. The van der Waals surface area contributed by atoms with Crippen LogP contribution in [0.25, 0.3) is 0 Å². The Labute approximate surface area is 191 Å². The smallest absolute Gasteiger partial charge is 0.326 e. The van der Waals surface area contributed by atoms with Gasteiger partial charge in [-0.15, -0.1) is 0 Å². The molecule has 0 bridgehead atoms. The van der Waals surface area contributed by atoms with Crippen LogP contribution in [0.2, 0.25) is 0 Å². The minimum Gasteiger partial charge on any atom is -0.481 e. The third kappa shape index (κ3) is 9.43. The van der Waals surface area contributed by atoms with Crippen LogP contribution < -0.4 is 21.3 Å². The summed E-state index contributed by atoms with van der Waals surface area (Å²) in [4.78, 5) is 60.2. The second-order valence-corrected chi connectivity index (χ2v) is 9.04. The van der Waals surface area contributed by atoms with Crippen molar-refractivity contribution in [1.82, 2.24) is 21.3 Å². The fourth-order valence-corrected chi connectivity index (χ4v) is 3.73. The van der Waals surface area contributed by atoms with Crippen LogP contribution in [0, 0.1) is 5.92 Å². The zero-order valence-electron chi connectivity index (χ0n) is 18.7. The van der Waals surface area contributed by atoms with Crippen LogP contribution in [-0.4, -0.2) is 82.6 Å². The first-order valence-corrected chi connectivity index (χ1v) is 12.0. The monoisotopic (exact) mass is 474 g/mol. The van der Waals surface area contributed by atoms with E-state index in [4.69, 9.17) is 5.11 Å². The van der Waals surface area contributed by atoms with Crippen LogP contribution >= 0.6 is 11.8 Å². The first-order chi connectivity index (χ1) is 15.1. The number of thioether (sulfide) groups is 1. The van der Waals surface area contributed by atoms with Gasteiger partial charge in [0.05, 0.1) is 6.04 Å². The molecule has 3 amide bonds. The lowest BCUT2D eigenvalue weighted by molar-refractivity contribution is -0.143. The Morgan fingerprint density at radius 1 is 1.00 bits per heavy atom. The summed E-state index contributed by atoms with van der Waals surface area (Å²) in [6.07, 6.45) is 2.93. The molecule has 6 N–H and O–H groups in total. The maximum absolute atomic E-state index is 12.9. The maximum Gasteiger partial charge on any atom is 0.326 e. The molecule has 4 unspecified atom stereocenters. The molecule has 0 aromatic carbocycles. The lowest BCUT2D eigenvalue weighted by atomic mass is 10.0. The maximum atomic E-state index is 12.9. The second-order valence-electron chi connectivity index (χ2n) is 8.05. The van der Waals surface area contributed by atoms with E-state index in [2.05, 4.69) is 21.3 Å². The van der Waals surface area contributed by atoms with E-state index in [0.717, 1.165) is 13.0 Å². The zero-order chi connectivity index (χ0) is 24.3. The van der Waals surface area contributed by atoms with Gasteiger partial charge in [-0.25, -0.2) is 4.79 Å². The molecule has 182 valence electrons. The Bertz CT molecular complexity index is 683. The molecular formula is C20H34N4O7S. The number of carbonyl (C=O) groups excluding carboxylic acids is 3. The van der Waals surface area contributed by atoms with Crippen molar-refractivity contribution in [3.63, 3.8) is 0 Å². The van der Waals surface area contributed by atoms with Gasteiger partial charge in [0.25, 0.3) is 0 Å². The molecule has 1 saturated heterocycles. The highest BCUT2D eigenvalue weighted by Gasteiger charge is 2.32. The van der Waals surface area contributed by atoms with Gasteiger partial charge in [0.1, 0.15) is 18.1 Å². The summed E-state index contributed by atoms with van der Waals surface area (Å²) in [7, 11) is 0. The molecular weight excluding hydrogens is 440 g/mol. The SMILES string of the molecule is CSCCC(NC(=O)C(NC(=O)C1CCCN1)C(C)C)C(=O)NC(CCC(=O)O)C(=O)O. The number of nitrogens with one attached hydrogen (secondary N) is 4. The third-order valence-electron chi connectivity index (χ3n) is 5.13. The molecule has 1 rings (SSSR count). The van der Waals surface area contributed by atoms with Crippen molar-refractivity contribution in [3.8, 4) is 0 Å². The summed E-state index contributed by atoms with van der Waals surface area (Å²) in [5, 5.41) is 28.8. The van der Waals surface area contributed by atoms with E-state index < -0.39 is 48.3 Å². The Balaban J connectivity index is 2.85. The number of hydrogen-bond donors (Lipinski definition) is 6. The standard InChI is InChI=1S/C20H34N4O7S/c1-11(2)16(24-17(27)12-5-4-9-21-12)19(29)22-13(8-10-32-3)18(28)23-14(20(30)31)6-7-15(25)26/h11-14,16,21H,4-10H2,1-3H3,(H,22,29)(H,23,28)(H,24,27)(H,25,26)(H,30,31). The van der Waals surface area contributed by atoms with Gasteiger partial charge in [0.2, 0.25) is 17.7 Å². The zero-order valence-corrected chi connectivity index (χ0v) is 19.5. The summed E-state index contributed by atoms with van der Waals surface area (Å²) >= 11 is 1.45.